The van der Waals surface area contributed by atoms with Crippen LogP contribution in [0.15, 0.2) is 30.7 Å². The molecule has 0 unspecified atom stereocenters. The normalized spacial score (nSPS) is 11.8. The number of carbonyl (C=O) groups excluding carboxylic acids is 1. The molecule has 0 aliphatic heterocycles. The van der Waals surface area contributed by atoms with E-state index in [0.717, 1.165) is 17.5 Å². The molecular formula is C21H25F3N6O2. The summed E-state index contributed by atoms with van der Waals surface area (Å²) in [4.78, 5) is 22.5. The topological polar surface area (TPSA) is 85.2 Å². The molecule has 3 heterocycles. The highest BCUT2D eigenvalue weighted by Gasteiger charge is 2.29. The van der Waals surface area contributed by atoms with Crippen molar-refractivity contribution in [2.45, 2.75) is 26.1 Å². The Morgan fingerprint density at radius 2 is 2.06 bits per heavy atom. The summed E-state index contributed by atoms with van der Waals surface area (Å²) >= 11 is 0. The lowest BCUT2D eigenvalue weighted by Gasteiger charge is -2.11. The van der Waals surface area contributed by atoms with Gasteiger partial charge in [-0.15, -0.1) is 0 Å². The number of fused-ring (bicyclic) bond motifs is 1. The number of rotatable bonds is 9. The number of nitrogens with zero attached hydrogens (tertiary/aromatic N) is 5. The van der Waals surface area contributed by atoms with Crippen molar-refractivity contribution in [1.29, 1.82) is 0 Å². The zero-order valence-corrected chi connectivity index (χ0v) is 18.1. The maximum Gasteiger partial charge on any atom is 0.422 e. The fourth-order valence-corrected chi connectivity index (χ4v) is 3.10. The van der Waals surface area contributed by atoms with Gasteiger partial charge in [0.1, 0.15) is 0 Å². The van der Waals surface area contributed by atoms with Crippen molar-refractivity contribution in [2.24, 2.45) is 0 Å². The first-order valence-corrected chi connectivity index (χ1v) is 9.98. The molecule has 1 amide bonds. The van der Waals surface area contributed by atoms with Gasteiger partial charge in [0, 0.05) is 42.6 Å². The number of pyridine rings is 2. The molecular weight excluding hydrogens is 425 g/mol. The Morgan fingerprint density at radius 3 is 2.75 bits per heavy atom. The van der Waals surface area contributed by atoms with Gasteiger partial charge in [0.15, 0.2) is 6.61 Å². The Balaban J connectivity index is 1.69. The Bertz CT molecular complexity index is 1080. The van der Waals surface area contributed by atoms with E-state index in [1.165, 1.54) is 6.20 Å². The summed E-state index contributed by atoms with van der Waals surface area (Å²) in [5.41, 5.74) is 2.58. The third-order valence-electron chi connectivity index (χ3n) is 4.58. The number of aromatic nitrogens is 4. The summed E-state index contributed by atoms with van der Waals surface area (Å²) in [6, 6.07) is 3.47. The van der Waals surface area contributed by atoms with E-state index in [4.69, 9.17) is 4.74 Å². The number of amides is 1. The highest BCUT2D eigenvalue weighted by atomic mass is 19.4. The van der Waals surface area contributed by atoms with E-state index in [2.05, 4.69) is 20.4 Å². The van der Waals surface area contributed by atoms with Crippen LogP contribution in [0.25, 0.3) is 10.9 Å². The number of nitrogens with one attached hydrogen (secondary N) is 1. The summed E-state index contributed by atoms with van der Waals surface area (Å²) < 4.78 is 43.5. The second kappa shape index (κ2) is 9.94. The molecule has 0 saturated heterocycles. The lowest BCUT2D eigenvalue weighted by atomic mass is 10.2. The van der Waals surface area contributed by atoms with E-state index in [1.54, 1.807) is 36.1 Å². The number of aryl methyl sites for hydroxylation is 1. The molecule has 3 rings (SSSR count). The standard InChI is InChI=1S/C21H25F3N6O2/c1-14-8-15(10-27-20(14)32-13-21(22,23)24)11-30-12-16-17(28-30)4-5-25-18(16)9-19(31)26-6-7-29(2)3/h4-5,8,10,12H,6-7,9,11,13H2,1-3H3,(H,26,31). The number of alkyl halides is 3. The monoisotopic (exact) mass is 450 g/mol. The number of likely N-dealkylation sites (N-methyl/N-ethyl adjacent to an activating group) is 1. The van der Waals surface area contributed by atoms with Crippen molar-refractivity contribution in [3.05, 3.63) is 47.5 Å². The molecule has 8 nitrogen and oxygen atoms in total. The van der Waals surface area contributed by atoms with E-state index in [1.807, 2.05) is 19.0 Å². The van der Waals surface area contributed by atoms with Crippen LogP contribution >= 0.6 is 0 Å². The van der Waals surface area contributed by atoms with E-state index in [9.17, 15) is 18.0 Å². The van der Waals surface area contributed by atoms with Crippen LogP contribution in [-0.4, -0.2) is 70.5 Å². The van der Waals surface area contributed by atoms with Crippen molar-refractivity contribution in [2.75, 3.05) is 33.8 Å². The van der Waals surface area contributed by atoms with Crippen molar-refractivity contribution in [3.63, 3.8) is 0 Å². The third-order valence-corrected chi connectivity index (χ3v) is 4.58. The van der Waals surface area contributed by atoms with Crippen LogP contribution in [0.1, 0.15) is 16.8 Å². The number of carbonyl (C=O) groups is 1. The third kappa shape index (κ3) is 6.64. The number of hydrogen-bond acceptors (Lipinski definition) is 6. The highest BCUT2D eigenvalue weighted by molar-refractivity contribution is 5.86. The van der Waals surface area contributed by atoms with Gasteiger partial charge in [0.05, 0.1) is 24.2 Å². The Hall–Kier alpha value is -3.21. The molecule has 0 bridgehead atoms. The van der Waals surface area contributed by atoms with Crippen molar-refractivity contribution < 1.29 is 22.7 Å². The lowest BCUT2D eigenvalue weighted by Crippen LogP contribution is -2.32. The van der Waals surface area contributed by atoms with Crippen LogP contribution in [0.5, 0.6) is 5.88 Å². The molecule has 3 aromatic heterocycles. The molecule has 0 aliphatic rings. The van der Waals surface area contributed by atoms with Gasteiger partial charge in [-0.2, -0.15) is 18.3 Å². The van der Waals surface area contributed by atoms with Crippen LogP contribution in [-0.2, 0) is 17.8 Å². The van der Waals surface area contributed by atoms with E-state index >= 15 is 0 Å². The predicted octanol–water partition coefficient (Wildman–Crippen LogP) is 2.34. The predicted molar refractivity (Wildman–Crippen MR) is 112 cm³/mol. The zero-order chi connectivity index (χ0) is 23.3. The average Bonchev–Trinajstić information content (AvgIpc) is 3.10. The molecule has 0 fully saturated rings. The summed E-state index contributed by atoms with van der Waals surface area (Å²) in [6.45, 7) is 1.91. The first-order chi connectivity index (χ1) is 15.1. The molecule has 0 radical (unpaired) electrons. The molecule has 0 aromatic carbocycles. The van der Waals surface area contributed by atoms with Crippen LogP contribution in [0.3, 0.4) is 0 Å². The van der Waals surface area contributed by atoms with Crippen LogP contribution < -0.4 is 10.1 Å². The van der Waals surface area contributed by atoms with Crippen LogP contribution in [0.2, 0.25) is 0 Å². The van der Waals surface area contributed by atoms with Crippen molar-refractivity contribution in [1.82, 2.24) is 30.0 Å². The molecule has 11 heteroatoms. The first-order valence-electron chi connectivity index (χ1n) is 9.98. The second-order valence-electron chi connectivity index (χ2n) is 7.72. The van der Waals surface area contributed by atoms with Gasteiger partial charge in [-0.3, -0.25) is 14.5 Å². The molecule has 172 valence electrons. The minimum absolute atomic E-state index is 0.0523. The van der Waals surface area contributed by atoms with Gasteiger partial charge in [-0.1, -0.05) is 0 Å². The molecule has 3 aromatic rings. The smallest absolute Gasteiger partial charge is 0.422 e. The maximum absolute atomic E-state index is 12.3. The van der Waals surface area contributed by atoms with Crippen molar-refractivity contribution in [3.8, 4) is 5.88 Å². The molecule has 1 N–H and O–H groups in total. The minimum Gasteiger partial charge on any atom is -0.468 e. The Morgan fingerprint density at radius 1 is 1.28 bits per heavy atom. The van der Waals surface area contributed by atoms with Gasteiger partial charge in [-0.25, -0.2) is 4.98 Å². The fraction of sp³-hybridized carbons (Fsp3) is 0.429. The number of halogens is 3. The fourth-order valence-electron chi connectivity index (χ4n) is 3.10. The average molecular weight is 450 g/mol. The molecule has 0 spiro atoms. The number of hydrogen-bond donors (Lipinski definition) is 1. The summed E-state index contributed by atoms with van der Waals surface area (Å²) in [5.74, 6) is -0.169. The molecule has 0 saturated carbocycles. The largest absolute Gasteiger partial charge is 0.468 e. The Labute approximate surface area is 183 Å². The lowest BCUT2D eigenvalue weighted by molar-refractivity contribution is -0.154. The van der Waals surface area contributed by atoms with Gasteiger partial charge < -0.3 is 15.0 Å². The quantitative estimate of drug-likeness (QED) is 0.539. The van der Waals surface area contributed by atoms with Crippen LogP contribution in [0.4, 0.5) is 13.2 Å². The SMILES string of the molecule is Cc1cc(Cn2cc3c(CC(=O)NCCN(C)C)nccc3n2)cnc1OCC(F)(F)F. The Kier molecular flexibility index (Phi) is 7.29. The van der Waals surface area contributed by atoms with E-state index in [-0.39, 0.29) is 18.2 Å². The summed E-state index contributed by atoms with van der Waals surface area (Å²) in [6.07, 6.45) is 0.594. The summed E-state index contributed by atoms with van der Waals surface area (Å²) in [7, 11) is 3.87. The van der Waals surface area contributed by atoms with E-state index in [0.29, 0.717) is 29.9 Å². The number of ether oxygens (including phenoxy) is 1. The molecule has 0 atom stereocenters. The van der Waals surface area contributed by atoms with Crippen molar-refractivity contribution >= 4 is 16.8 Å². The summed E-state index contributed by atoms with van der Waals surface area (Å²) in [5, 5.41) is 8.15. The molecule has 0 aliphatic carbocycles. The van der Waals surface area contributed by atoms with Gasteiger partial charge in [-0.05, 0) is 38.7 Å². The highest BCUT2D eigenvalue weighted by Crippen LogP contribution is 2.21. The van der Waals surface area contributed by atoms with Gasteiger partial charge in [0.25, 0.3) is 0 Å². The van der Waals surface area contributed by atoms with E-state index < -0.39 is 12.8 Å². The second-order valence-corrected chi connectivity index (χ2v) is 7.72. The molecule has 32 heavy (non-hydrogen) atoms. The van der Waals surface area contributed by atoms with Gasteiger partial charge >= 0.3 is 6.18 Å². The minimum atomic E-state index is -4.42. The zero-order valence-electron chi connectivity index (χ0n) is 18.1. The van der Waals surface area contributed by atoms with Crippen LogP contribution in [0, 0.1) is 6.92 Å². The maximum atomic E-state index is 12.3. The first kappa shape index (κ1) is 23.5. The van der Waals surface area contributed by atoms with Gasteiger partial charge in [0.2, 0.25) is 11.8 Å².